The van der Waals surface area contributed by atoms with Crippen molar-refractivity contribution >= 4 is 10.9 Å². The van der Waals surface area contributed by atoms with E-state index in [1.165, 1.54) is 0 Å². The van der Waals surface area contributed by atoms with Gasteiger partial charge in [0.25, 0.3) is 0 Å². The molecule has 1 aromatic carbocycles. The third-order valence-electron chi connectivity index (χ3n) is 4.77. The zero-order valence-electron chi connectivity index (χ0n) is 16.8. The van der Waals surface area contributed by atoms with Gasteiger partial charge in [0.1, 0.15) is 11.4 Å². The number of ether oxygens (including phenoxy) is 3. The van der Waals surface area contributed by atoms with Crippen LogP contribution in [0.5, 0.6) is 23.0 Å². The smallest absolute Gasteiger partial charge is 0.162 e. The van der Waals surface area contributed by atoms with E-state index in [9.17, 15) is 0 Å². The third-order valence-corrected chi connectivity index (χ3v) is 4.77. The highest BCUT2D eigenvalue weighted by Crippen LogP contribution is 2.39. The molecule has 0 radical (unpaired) electrons. The molecule has 29 heavy (non-hydrogen) atoms. The standard InChI is InChI=1S/C23H21N3O3/c1-14-11-22(23(26-15(14)2)17-7-5-6-9-24-17)29-19-8-10-25-18-13-21(28-4)20(27-3)12-16(18)19/h5-13H,1-4H3. The number of methoxy groups -OCH3 is 2. The molecule has 4 rings (SSSR count). The third kappa shape index (κ3) is 3.57. The Balaban J connectivity index is 1.86. The number of pyridine rings is 3. The Kier molecular flexibility index (Phi) is 4.99. The minimum Gasteiger partial charge on any atom is -0.493 e. The second-order valence-corrected chi connectivity index (χ2v) is 6.59. The van der Waals surface area contributed by atoms with Crippen molar-refractivity contribution in [1.82, 2.24) is 15.0 Å². The van der Waals surface area contributed by atoms with Crippen LogP contribution in [-0.2, 0) is 0 Å². The van der Waals surface area contributed by atoms with Gasteiger partial charge in [-0.3, -0.25) is 9.97 Å². The average molecular weight is 387 g/mol. The van der Waals surface area contributed by atoms with Gasteiger partial charge in [-0.25, -0.2) is 4.98 Å². The first-order chi connectivity index (χ1) is 14.1. The normalized spacial score (nSPS) is 10.8. The van der Waals surface area contributed by atoms with E-state index < -0.39 is 0 Å². The first-order valence-corrected chi connectivity index (χ1v) is 9.19. The van der Waals surface area contributed by atoms with Gasteiger partial charge in [0.05, 0.1) is 25.4 Å². The summed E-state index contributed by atoms with van der Waals surface area (Å²) < 4.78 is 17.2. The molecule has 0 atom stereocenters. The summed E-state index contributed by atoms with van der Waals surface area (Å²) in [5.41, 5.74) is 4.17. The van der Waals surface area contributed by atoms with Crippen LogP contribution in [0.1, 0.15) is 11.3 Å². The fourth-order valence-electron chi connectivity index (χ4n) is 3.10. The predicted octanol–water partition coefficient (Wildman–Crippen LogP) is 5.12. The zero-order valence-corrected chi connectivity index (χ0v) is 16.8. The summed E-state index contributed by atoms with van der Waals surface area (Å²) in [5, 5.41) is 0.815. The van der Waals surface area contributed by atoms with Crippen molar-refractivity contribution < 1.29 is 14.2 Å². The maximum Gasteiger partial charge on any atom is 0.162 e. The maximum atomic E-state index is 6.35. The molecule has 4 aromatic rings. The van der Waals surface area contributed by atoms with Gasteiger partial charge in [-0.15, -0.1) is 0 Å². The van der Waals surface area contributed by atoms with Gasteiger partial charge in [-0.2, -0.15) is 0 Å². The molecule has 6 heteroatoms. The van der Waals surface area contributed by atoms with Crippen LogP contribution in [0, 0.1) is 13.8 Å². The molecule has 146 valence electrons. The molecule has 0 fully saturated rings. The van der Waals surface area contributed by atoms with E-state index in [1.807, 2.05) is 56.3 Å². The summed E-state index contributed by atoms with van der Waals surface area (Å²) in [6.07, 6.45) is 3.45. The van der Waals surface area contributed by atoms with Crippen LogP contribution in [0.15, 0.2) is 54.9 Å². The Morgan fingerprint density at radius 3 is 2.28 bits per heavy atom. The maximum absolute atomic E-state index is 6.35. The summed E-state index contributed by atoms with van der Waals surface area (Å²) in [7, 11) is 3.21. The predicted molar refractivity (Wildman–Crippen MR) is 112 cm³/mol. The van der Waals surface area contributed by atoms with Crippen molar-refractivity contribution in [3.63, 3.8) is 0 Å². The topological polar surface area (TPSA) is 66.4 Å². The fourth-order valence-corrected chi connectivity index (χ4v) is 3.10. The zero-order chi connectivity index (χ0) is 20.4. The number of hydrogen-bond acceptors (Lipinski definition) is 6. The Morgan fingerprint density at radius 2 is 1.55 bits per heavy atom. The number of fused-ring (bicyclic) bond motifs is 1. The number of aromatic nitrogens is 3. The first kappa shape index (κ1) is 18.7. The van der Waals surface area contributed by atoms with Crippen LogP contribution in [0.25, 0.3) is 22.3 Å². The molecule has 6 nitrogen and oxygen atoms in total. The summed E-state index contributed by atoms with van der Waals surface area (Å²) >= 11 is 0. The Morgan fingerprint density at radius 1 is 0.759 bits per heavy atom. The molecule has 3 aromatic heterocycles. The van der Waals surface area contributed by atoms with Crippen LogP contribution in [-0.4, -0.2) is 29.2 Å². The molecule has 0 bridgehead atoms. The van der Waals surface area contributed by atoms with Gasteiger partial charge < -0.3 is 14.2 Å². The minimum absolute atomic E-state index is 0.612. The highest BCUT2D eigenvalue weighted by molar-refractivity contribution is 5.88. The Bertz CT molecular complexity index is 1180. The van der Waals surface area contributed by atoms with Crippen molar-refractivity contribution in [2.45, 2.75) is 13.8 Å². The lowest BCUT2D eigenvalue weighted by Gasteiger charge is -2.15. The summed E-state index contributed by atoms with van der Waals surface area (Å²) in [4.78, 5) is 13.6. The van der Waals surface area contributed by atoms with E-state index in [0.717, 1.165) is 27.9 Å². The van der Waals surface area contributed by atoms with Gasteiger partial charge in [0, 0.05) is 29.5 Å². The summed E-state index contributed by atoms with van der Waals surface area (Å²) in [6, 6.07) is 13.2. The van der Waals surface area contributed by atoms with Gasteiger partial charge in [0.2, 0.25) is 0 Å². The second-order valence-electron chi connectivity index (χ2n) is 6.59. The molecule has 0 amide bonds. The molecular formula is C23H21N3O3. The van der Waals surface area contributed by atoms with E-state index in [-0.39, 0.29) is 0 Å². The SMILES string of the molecule is COc1cc2nccc(Oc3cc(C)c(C)nc3-c3ccccn3)c2cc1OC. The lowest BCUT2D eigenvalue weighted by atomic mass is 10.1. The van der Waals surface area contributed by atoms with Gasteiger partial charge in [0.15, 0.2) is 17.2 Å². The monoisotopic (exact) mass is 387 g/mol. The van der Waals surface area contributed by atoms with Crippen LogP contribution in [0.3, 0.4) is 0 Å². The largest absolute Gasteiger partial charge is 0.493 e. The van der Waals surface area contributed by atoms with Crippen LogP contribution >= 0.6 is 0 Å². The number of nitrogens with zero attached hydrogens (tertiary/aromatic N) is 3. The molecule has 0 saturated carbocycles. The van der Waals surface area contributed by atoms with Crippen LogP contribution < -0.4 is 14.2 Å². The van der Waals surface area contributed by atoms with Crippen molar-refractivity contribution in [2.24, 2.45) is 0 Å². The van der Waals surface area contributed by atoms with Crippen molar-refractivity contribution in [1.29, 1.82) is 0 Å². The number of hydrogen-bond donors (Lipinski definition) is 0. The summed E-state index contributed by atoms with van der Waals surface area (Å²) in [6.45, 7) is 3.99. The van der Waals surface area contributed by atoms with Crippen molar-refractivity contribution in [3.05, 3.63) is 66.1 Å². The molecular weight excluding hydrogens is 366 g/mol. The van der Waals surface area contributed by atoms with E-state index in [0.29, 0.717) is 28.7 Å². The molecule has 0 aliphatic rings. The average Bonchev–Trinajstić information content (AvgIpc) is 2.76. The lowest BCUT2D eigenvalue weighted by Crippen LogP contribution is -1.98. The van der Waals surface area contributed by atoms with Crippen molar-refractivity contribution in [2.75, 3.05) is 14.2 Å². The highest BCUT2D eigenvalue weighted by atomic mass is 16.5. The van der Waals surface area contributed by atoms with Crippen LogP contribution in [0.4, 0.5) is 0 Å². The fraction of sp³-hybridized carbons (Fsp3) is 0.174. The number of aryl methyl sites for hydroxylation is 2. The molecule has 0 saturated heterocycles. The summed E-state index contributed by atoms with van der Waals surface area (Å²) in [5.74, 6) is 2.51. The molecule has 0 spiro atoms. The lowest BCUT2D eigenvalue weighted by molar-refractivity contribution is 0.355. The molecule has 0 aliphatic heterocycles. The van der Waals surface area contributed by atoms with Crippen molar-refractivity contribution in [3.8, 4) is 34.4 Å². The van der Waals surface area contributed by atoms with E-state index >= 15 is 0 Å². The highest BCUT2D eigenvalue weighted by Gasteiger charge is 2.16. The minimum atomic E-state index is 0.612. The molecule has 3 heterocycles. The van der Waals surface area contributed by atoms with Gasteiger partial charge in [-0.1, -0.05) is 6.07 Å². The van der Waals surface area contributed by atoms with Gasteiger partial charge >= 0.3 is 0 Å². The molecule has 0 N–H and O–H groups in total. The van der Waals surface area contributed by atoms with E-state index in [2.05, 4.69) is 9.97 Å². The van der Waals surface area contributed by atoms with Crippen LogP contribution in [0.2, 0.25) is 0 Å². The van der Waals surface area contributed by atoms with E-state index in [4.69, 9.17) is 19.2 Å². The Labute approximate surface area is 169 Å². The molecule has 0 aliphatic carbocycles. The molecule has 0 unspecified atom stereocenters. The second kappa shape index (κ2) is 7.75. The number of benzene rings is 1. The number of rotatable bonds is 5. The first-order valence-electron chi connectivity index (χ1n) is 9.19. The quantitative estimate of drug-likeness (QED) is 0.474. The Hall–Kier alpha value is -3.67. The van der Waals surface area contributed by atoms with Gasteiger partial charge in [-0.05, 0) is 49.7 Å². The van der Waals surface area contributed by atoms with E-state index in [1.54, 1.807) is 26.6 Å².